The van der Waals surface area contributed by atoms with Crippen molar-refractivity contribution in [1.29, 1.82) is 0 Å². The summed E-state index contributed by atoms with van der Waals surface area (Å²) in [5, 5.41) is 4.42. The maximum absolute atomic E-state index is 12.5. The van der Waals surface area contributed by atoms with Gasteiger partial charge in [0.2, 0.25) is 0 Å². The van der Waals surface area contributed by atoms with E-state index in [1.807, 2.05) is 29.2 Å². The number of anilines is 1. The number of nitrogens with zero attached hydrogens (tertiary/aromatic N) is 2. The molecule has 2 atom stereocenters. The molecule has 1 saturated heterocycles. The lowest BCUT2D eigenvalue weighted by atomic mass is 9.85. The molecule has 4 rings (SSSR count). The molecule has 2 unspecified atom stereocenters. The Hall–Kier alpha value is -1.75. The van der Waals surface area contributed by atoms with Crippen molar-refractivity contribution in [2.24, 2.45) is 0 Å². The number of fused-ring (bicyclic) bond motifs is 1. The molecule has 4 nitrogen and oxygen atoms in total. The van der Waals surface area contributed by atoms with E-state index in [4.69, 9.17) is 23.2 Å². The van der Waals surface area contributed by atoms with Crippen LogP contribution in [-0.4, -0.2) is 42.0 Å². The van der Waals surface area contributed by atoms with Gasteiger partial charge in [-0.1, -0.05) is 35.3 Å². The minimum atomic E-state index is -0.0148. The van der Waals surface area contributed by atoms with Crippen molar-refractivity contribution in [3.05, 3.63) is 63.1 Å². The minimum Gasteiger partial charge on any atom is -0.322 e. The number of halogens is 2. The summed E-state index contributed by atoms with van der Waals surface area (Å²) < 4.78 is 0. The lowest BCUT2D eigenvalue weighted by Crippen LogP contribution is -2.37. The van der Waals surface area contributed by atoms with Crippen LogP contribution >= 0.6 is 23.2 Å². The molecule has 2 heterocycles. The van der Waals surface area contributed by atoms with Gasteiger partial charge in [0.25, 0.3) is 0 Å². The quantitative estimate of drug-likeness (QED) is 0.691. The second-order valence-electron chi connectivity index (χ2n) is 7.94. The number of carbonyl (C=O) groups excluding carboxylic acids is 1. The molecule has 148 valence electrons. The van der Waals surface area contributed by atoms with Crippen LogP contribution in [0.25, 0.3) is 0 Å². The zero-order chi connectivity index (χ0) is 19.8. The summed E-state index contributed by atoms with van der Waals surface area (Å²) in [7, 11) is 2.10. The number of benzene rings is 2. The first-order chi connectivity index (χ1) is 13.4. The summed E-state index contributed by atoms with van der Waals surface area (Å²) in [6.07, 6.45) is 2.15. The summed E-state index contributed by atoms with van der Waals surface area (Å²) in [6, 6.07) is 12.3. The van der Waals surface area contributed by atoms with Crippen LogP contribution in [0.1, 0.15) is 42.4 Å². The molecule has 2 aliphatic rings. The minimum absolute atomic E-state index is 0.0148. The summed E-state index contributed by atoms with van der Waals surface area (Å²) >= 11 is 12.7. The fraction of sp³-hybridized carbons (Fsp3) is 0.409. The van der Waals surface area contributed by atoms with Gasteiger partial charge in [0.05, 0.1) is 0 Å². The Morgan fingerprint density at radius 2 is 1.93 bits per heavy atom. The molecule has 1 fully saturated rings. The van der Waals surface area contributed by atoms with E-state index in [0.717, 1.165) is 48.7 Å². The van der Waals surface area contributed by atoms with Crippen molar-refractivity contribution in [1.82, 2.24) is 9.80 Å². The van der Waals surface area contributed by atoms with Crippen LogP contribution in [0.4, 0.5) is 10.5 Å². The molecule has 0 bridgehead atoms. The molecule has 28 heavy (non-hydrogen) atoms. The normalized spacial score (nSPS) is 22.2. The Balaban J connectivity index is 1.55. The van der Waals surface area contributed by atoms with Gasteiger partial charge in [-0.3, -0.25) is 0 Å². The van der Waals surface area contributed by atoms with Crippen LogP contribution in [-0.2, 0) is 6.54 Å². The van der Waals surface area contributed by atoms with E-state index in [1.165, 1.54) is 11.1 Å². The summed E-state index contributed by atoms with van der Waals surface area (Å²) in [6.45, 7) is 4.66. The maximum atomic E-state index is 12.5. The van der Waals surface area contributed by atoms with Crippen molar-refractivity contribution >= 4 is 34.9 Å². The van der Waals surface area contributed by atoms with E-state index >= 15 is 0 Å². The Bertz CT molecular complexity index is 884. The third-order valence-corrected chi connectivity index (χ3v) is 6.43. The van der Waals surface area contributed by atoms with Gasteiger partial charge in [-0.15, -0.1) is 0 Å². The molecule has 2 amide bonds. The van der Waals surface area contributed by atoms with Gasteiger partial charge in [-0.05, 0) is 67.8 Å². The van der Waals surface area contributed by atoms with E-state index in [9.17, 15) is 4.79 Å². The highest BCUT2D eigenvalue weighted by Gasteiger charge is 2.28. The average Bonchev–Trinajstić information content (AvgIpc) is 3.09. The number of likely N-dealkylation sites (N-methyl/N-ethyl adjacent to an activating group) is 1. The van der Waals surface area contributed by atoms with Gasteiger partial charge < -0.3 is 15.1 Å². The molecule has 6 heteroatoms. The molecule has 2 aromatic carbocycles. The average molecular weight is 418 g/mol. The molecular weight excluding hydrogens is 393 g/mol. The van der Waals surface area contributed by atoms with Crippen LogP contribution in [0.15, 0.2) is 36.4 Å². The molecule has 0 aliphatic carbocycles. The first-order valence-corrected chi connectivity index (χ1v) is 10.5. The smallest absolute Gasteiger partial charge is 0.322 e. The van der Waals surface area contributed by atoms with Crippen molar-refractivity contribution in [2.45, 2.75) is 38.3 Å². The third-order valence-electron chi connectivity index (χ3n) is 5.87. The number of hydrogen-bond donors (Lipinski definition) is 1. The van der Waals surface area contributed by atoms with Crippen molar-refractivity contribution < 1.29 is 4.79 Å². The number of urea groups is 1. The first-order valence-electron chi connectivity index (χ1n) is 9.76. The Morgan fingerprint density at radius 3 is 2.61 bits per heavy atom. The van der Waals surface area contributed by atoms with E-state index in [-0.39, 0.29) is 11.9 Å². The third kappa shape index (κ3) is 3.86. The zero-order valence-electron chi connectivity index (χ0n) is 16.2. The summed E-state index contributed by atoms with van der Waals surface area (Å²) in [5.74, 6) is 0.202. The fourth-order valence-corrected chi connectivity index (χ4v) is 4.93. The van der Waals surface area contributed by atoms with Crippen LogP contribution in [0, 0.1) is 0 Å². The predicted octanol–water partition coefficient (Wildman–Crippen LogP) is 5.59. The lowest BCUT2D eigenvalue weighted by molar-refractivity contribution is 0.210. The van der Waals surface area contributed by atoms with Crippen LogP contribution in [0.3, 0.4) is 0 Å². The topological polar surface area (TPSA) is 35.6 Å². The van der Waals surface area contributed by atoms with Gasteiger partial charge in [-0.25, -0.2) is 4.79 Å². The van der Waals surface area contributed by atoms with Gasteiger partial charge >= 0.3 is 6.03 Å². The van der Waals surface area contributed by atoms with Crippen LogP contribution < -0.4 is 5.32 Å². The molecule has 0 aromatic heterocycles. The van der Waals surface area contributed by atoms with Gasteiger partial charge in [0.15, 0.2) is 0 Å². The molecule has 2 aromatic rings. The Kier molecular flexibility index (Phi) is 5.55. The van der Waals surface area contributed by atoms with Crippen LogP contribution in [0.2, 0.25) is 10.0 Å². The van der Waals surface area contributed by atoms with E-state index in [2.05, 4.69) is 36.3 Å². The largest absolute Gasteiger partial charge is 0.322 e. The monoisotopic (exact) mass is 417 g/mol. The summed E-state index contributed by atoms with van der Waals surface area (Å²) in [5.41, 5.74) is 4.35. The van der Waals surface area contributed by atoms with Crippen molar-refractivity contribution in [3.63, 3.8) is 0 Å². The number of likely N-dealkylation sites (tertiary alicyclic amines) is 1. The maximum Gasteiger partial charge on any atom is 0.322 e. The van der Waals surface area contributed by atoms with E-state index in [1.54, 1.807) is 0 Å². The predicted molar refractivity (Wildman–Crippen MR) is 116 cm³/mol. The lowest BCUT2D eigenvalue weighted by Gasteiger charge is -2.33. The van der Waals surface area contributed by atoms with E-state index < -0.39 is 0 Å². The van der Waals surface area contributed by atoms with Crippen LogP contribution in [0.5, 0.6) is 0 Å². The van der Waals surface area contributed by atoms with Crippen molar-refractivity contribution in [2.75, 3.05) is 25.5 Å². The standard InChI is InChI=1S/C22H25Cl2N3O/c1-14-4-3-9-27(14)22(28)25-17-7-5-15(6-8-17)19-12-26(2)13-20-18(19)10-16(23)11-21(20)24/h5-8,10-11,14,19H,3-4,9,12-13H2,1-2H3,(H,25,28). The Labute approximate surface area is 176 Å². The summed E-state index contributed by atoms with van der Waals surface area (Å²) in [4.78, 5) is 16.7. The number of carbonyl (C=O) groups is 1. The highest BCUT2D eigenvalue weighted by atomic mass is 35.5. The van der Waals surface area contributed by atoms with Gasteiger partial charge in [0.1, 0.15) is 0 Å². The molecule has 0 spiro atoms. The molecular formula is C22H25Cl2N3O. The number of nitrogens with one attached hydrogen (secondary N) is 1. The number of hydrogen-bond acceptors (Lipinski definition) is 2. The second-order valence-corrected chi connectivity index (χ2v) is 8.79. The molecule has 2 aliphatic heterocycles. The number of amides is 2. The Morgan fingerprint density at radius 1 is 1.18 bits per heavy atom. The van der Waals surface area contributed by atoms with E-state index in [0.29, 0.717) is 11.1 Å². The van der Waals surface area contributed by atoms with Gasteiger partial charge in [0, 0.05) is 47.3 Å². The highest BCUT2D eigenvalue weighted by Crippen LogP contribution is 2.38. The van der Waals surface area contributed by atoms with Crippen molar-refractivity contribution in [3.8, 4) is 0 Å². The molecule has 1 N–H and O–H groups in total. The highest BCUT2D eigenvalue weighted by molar-refractivity contribution is 6.35. The zero-order valence-corrected chi connectivity index (χ0v) is 17.7. The molecule has 0 radical (unpaired) electrons. The SMILES string of the molecule is CC1CCCN1C(=O)Nc1ccc(C2CN(C)Cc3c(Cl)cc(Cl)cc32)cc1. The second kappa shape index (κ2) is 7.94. The number of rotatable bonds is 2. The van der Waals surface area contributed by atoms with Gasteiger partial charge in [-0.2, -0.15) is 0 Å². The molecule has 0 saturated carbocycles. The first kappa shape index (κ1) is 19.6. The fourth-order valence-electron chi connectivity index (χ4n) is 4.36.